The fourth-order valence-corrected chi connectivity index (χ4v) is 2.72. The van der Waals surface area contributed by atoms with Crippen molar-refractivity contribution in [1.29, 1.82) is 0 Å². The Kier molecular flexibility index (Phi) is 7.47. The van der Waals surface area contributed by atoms with Crippen molar-refractivity contribution < 1.29 is 14.3 Å². The number of ether oxygens (including phenoxy) is 2. The molecule has 25 heavy (non-hydrogen) atoms. The van der Waals surface area contributed by atoms with Crippen LogP contribution in [0.25, 0.3) is 0 Å². The summed E-state index contributed by atoms with van der Waals surface area (Å²) in [5.74, 6) is 1.03. The number of nitrogens with one attached hydrogen (secondary N) is 1. The monoisotopic (exact) mass is 404 g/mol. The molecule has 2 rings (SSSR count). The van der Waals surface area contributed by atoms with Crippen LogP contribution in [-0.4, -0.2) is 25.8 Å². The molecule has 2 aromatic carbocycles. The van der Waals surface area contributed by atoms with E-state index in [1.54, 1.807) is 13.3 Å². The second-order valence-electron chi connectivity index (χ2n) is 5.37. The van der Waals surface area contributed by atoms with Gasteiger partial charge >= 0.3 is 0 Å². The van der Waals surface area contributed by atoms with Gasteiger partial charge in [-0.15, -0.1) is 0 Å². The number of nitrogens with zero attached hydrogens (tertiary/aromatic N) is 1. The number of carbonyl (C=O) groups excluding carboxylic acids is 1. The fraction of sp³-hybridized carbons (Fsp3) is 0.263. The molecule has 0 aliphatic heterocycles. The maximum atomic E-state index is 11.8. The van der Waals surface area contributed by atoms with Gasteiger partial charge in [0, 0.05) is 0 Å². The molecular formula is C19H21BrN2O3. The lowest BCUT2D eigenvalue weighted by atomic mass is 10.1. The molecule has 2 aromatic rings. The Hall–Kier alpha value is -2.34. The van der Waals surface area contributed by atoms with Crippen molar-refractivity contribution in [2.45, 2.75) is 19.8 Å². The number of rotatable bonds is 8. The van der Waals surface area contributed by atoms with E-state index in [1.165, 1.54) is 5.56 Å². The number of methoxy groups -OCH3 is 1. The first kappa shape index (κ1) is 19.0. The fourth-order valence-electron chi connectivity index (χ4n) is 2.18. The molecule has 132 valence electrons. The van der Waals surface area contributed by atoms with Gasteiger partial charge in [-0.25, -0.2) is 5.43 Å². The molecule has 0 fully saturated rings. The Balaban J connectivity index is 1.83. The molecule has 0 saturated heterocycles. The minimum atomic E-state index is -0.330. The van der Waals surface area contributed by atoms with Gasteiger partial charge in [0.1, 0.15) is 11.5 Å². The van der Waals surface area contributed by atoms with Gasteiger partial charge in [-0.2, -0.15) is 5.10 Å². The van der Waals surface area contributed by atoms with Crippen LogP contribution in [0.1, 0.15) is 24.5 Å². The third-order valence-corrected chi connectivity index (χ3v) is 4.01. The lowest BCUT2D eigenvalue weighted by Gasteiger charge is -2.08. The van der Waals surface area contributed by atoms with Gasteiger partial charge in [0.15, 0.2) is 6.61 Å². The van der Waals surface area contributed by atoms with Crippen LogP contribution >= 0.6 is 15.9 Å². The van der Waals surface area contributed by atoms with Crippen molar-refractivity contribution in [2.75, 3.05) is 13.7 Å². The van der Waals surface area contributed by atoms with Crippen LogP contribution in [0.5, 0.6) is 11.5 Å². The highest BCUT2D eigenvalue weighted by molar-refractivity contribution is 9.10. The molecule has 1 amide bonds. The highest BCUT2D eigenvalue weighted by Gasteiger charge is 2.06. The van der Waals surface area contributed by atoms with Crippen LogP contribution in [0.3, 0.4) is 0 Å². The highest BCUT2D eigenvalue weighted by atomic mass is 79.9. The second kappa shape index (κ2) is 9.84. The van der Waals surface area contributed by atoms with E-state index in [2.05, 4.69) is 33.4 Å². The van der Waals surface area contributed by atoms with Crippen LogP contribution < -0.4 is 14.9 Å². The van der Waals surface area contributed by atoms with Crippen molar-refractivity contribution in [2.24, 2.45) is 5.10 Å². The predicted octanol–water partition coefficient (Wildman–Crippen LogP) is 3.94. The molecule has 0 radical (unpaired) electrons. The minimum Gasteiger partial charge on any atom is -0.497 e. The largest absolute Gasteiger partial charge is 0.497 e. The van der Waals surface area contributed by atoms with Gasteiger partial charge < -0.3 is 9.47 Å². The van der Waals surface area contributed by atoms with Crippen LogP contribution in [0.15, 0.2) is 52.0 Å². The Labute approximate surface area is 156 Å². The average molecular weight is 405 g/mol. The molecule has 0 atom stereocenters. The summed E-state index contributed by atoms with van der Waals surface area (Å²) in [5, 5.41) is 3.92. The number of aryl methyl sites for hydroxylation is 1. The first-order valence-electron chi connectivity index (χ1n) is 7.99. The number of benzene rings is 2. The zero-order valence-electron chi connectivity index (χ0n) is 14.3. The third kappa shape index (κ3) is 6.23. The van der Waals surface area contributed by atoms with E-state index >= 15 is 0 Å². The quantitative estimate of drug-likeness (QED) is 0.535. The first-order valence-corrected chi connectivity index (χ1v) is 8.79. The third-order valence-electron chi connectivity index (χ3n) is 3.39. The standard InChI is InChI=1S/C19H21BrN2O3/c1-3-5-14-8-9-18(17(20)11-14)25-13-19(23)22-21-12-15-6-4-7-16(10-15)24-2/h4,6-12H,3,5,13H2,1-2H3,(H,22,23)/b21-12+. The molecule has 5 nitrogen and oxygen atoms in total. The van der Waals surface area contributed by atoms with Gasteiger partial charge in [-0.1, -0.05) is 31.5 Å². The lowest BCUT2D eigenvalue weighted by Crippen LogP contribution is -2.24. The van der Waals surface area contributed by atoms with Crippen molar-refractivity contribution in [1.82, 2.24) is 5.43 Å². The van der Waals surface area contributed by atoms with Crippen LogP contribution in [0.4, 0.5) is 0 Å². The maximum absolute atomic E-state index is 11.8. The summed E-state index contributed by atoms with van der Waals surface area (Å²) >= 11 is 3.47. The van der Waals surface area contributed by atoms with E-state index < -0.39 is 0 Å². The number of amides is 1. The SMILES string of the molecule is CCCc1ccc(OCC(=O)N/N=C/c2cccc(OC)c2)c(Br)c1. The molecule has 0 bridgehead atoms. The first-order chi connectivity index (χ1) is 12.1. The highest BCUT2D eigenvalue weighted by Crippen LogP contribution is 2.26. The van der Waals surface area contributed by atoms with Crippen molar-refractivity contribution >= 4 is 28.1 Å². The Bertz CT molecular complexity index is 747. The molecular weight excluding hydrogens is 384 g/mol. The van der Waals surface area contributed by atoms with Crippen LogP contribution in [-0.2, 0) is 11.2 Å². The van der Waals surface area contributed by atoms with Gasteiger partial charge in [-0.3, -0.25) is 4.79 Å². The molecule has 0 spiro atoms. The molecule has 0 aromatic heterocycles. The molecule has 0 unspecified atom stereocenters. The number of hydrogen-bond acceptors (Lipinski definition) is 4. The van der Waals surface area contributed by atoms with Gasteiger partial charge in [0.2, 0.25) is 0 Å². The van der Waals surface area contributed by atoms with E-state index in [-0.39, 0.29) is 12.5 Å². The topological polar surface area (TPSA) is 59.9 Å². The summed E-state index contributed by atoms with van der Waals surface area (Å²) in [5.41, 5.74) is 4.50. The summed E-state index contributed by atoms with van der Waals surface area (Å²) in [7, 11) is 1.60. The number of hydrazone groups is 1. The Morgan fingerprint density at radius 3 is 2.84 bits per heavy atom. The average Bonchev–Trinajstić information content (AvgIpc) is 2.61. The van der Waals surface area contributed by atoms with Crippen molar-refractivity contribution in [3.05, 3.63) is 58.1 Å². The molecule has 0 aliphatic carbocycles. The van der Waals surface area contributed by atoms with Crippen LogP contribution in [0.2, 0.25) is 0 Å². The molecule has 0 aliphatic rings. The molecule has 0 heterocycles. The van der Waals surface area contributed by atoms with E-state index in [9.17, 15) is 4.79 Å². The number of halogens is 1. The second-order valence-corrected chi connectivity index (χ2v) is 6.23. The van der Waals surface area contributed by atoms with Crippen molar-refractivity contribution in [3.63, 3.8) is 0 Å². The van der Waals surface area contributed by atoms with E-state index in [1.807, 2.05) is 42.5 Å². The Morgan fingerprint density at radius 1 is 1.28 bits per heavy atom. The summed E-state index contributed by atoms with van der Waals surface area (Å²) in [4.78, 5) is 11.8. The number of carbonyl (C=O) groups is 1. The normalized spacial score (nSPS) is 10.7. The lowest BCUT2D eigenvalue weighted by molar-refractivity contribution is -0.123. The van der Waals surface area contributed by atoms with Crippen LogP contribution in [0, 0.1) is 0 Å². The van der Waals surface area contributed by atoms with Crippen molar-refractivity contribution in [3.8, 4) is 11.5 Å². The maximum Gasteiger partial charge on any atom is 0.277 e. The zero-order chi connectivity index (χ0) is 18.1. The van der Waals surface area contributed by atoms with Gasteiger partial charge in [0.25, 0.3) is 5.91 Å². The van der Waals surface area contributed by atoms with Gasteiger partial charge in [0.05, 0.1) is 17.8 Å². The predicted molar refractivity (Wildman–Crippen MR) is 102 cm³/mol. The molecule has 0 saturated carbocycles. The summed E-state index contributed by atoms with van der Waals surface area (Å²) in [6, 6.07) is 13.3. The zero-order valence-corrected chi connectivity index (χ0v) is 15.9. The summed E-state index contributed by atoms with van der Waals surface area (Å²) in [6.45, 7) is 2.02. The minimum absolute atomic E-state index is 0.110. The summed E-state index contributed by atoms with van der Waals surface area (Å²) < 4.78 is 11.5. The molecule has 1 N–H and O–H groups in total. The summed E-state index contributed by atoms with van der Waals surface area (Å²) in [6.07, 6.45) is 3.65. The van der Waals surface area contributed by atoms with E-state index in [0.717, 1.165) is 28.6 Å². The number of hydrogen-bond donors (Lipinski definition) is 1. The van der Waals surface area contributed by atoms with E-state index in [4.69, 9.17) is 9.47 Å². The smallest absolute Gasteiger partial charge is 0.277 e. The molecule has 6 heteroatoms. The van der Waals surface area contributed by atoms with E-state index in [0.29, 0.717) is 5.75 Å². The Morgan fingerprint density at radius 2 is 2.12 bits per heavy atom. The van der Waals surface area contributed by atoms with Gasteiger partial charge in [-0.05, 0) is 57.7 Å².